The van der Waals surface area contributed by atoms with Gasteiger partial charge in [0, 0.05) is 19.2 Å². The summed E-state index contributed by atoms with van der Waals surface area (Å²) in [6.45, 7) is 1.20. The monoisotopic (exact) mass is 459 g/mol. The van der Waals surface area contributed by atoms with Crippen LogP contribution in [0.3, 0.4) is 0 Å². The number of hydrogen-bond donors (Lipinski definition) is 3. The fourth-order valence-corrected chi connectivity index (χ4v) is 3.98. The van der Waals surface area contributed by atoms with Crippen molar-refractivity contribution >= 4 is 51.7 Å². The van der Waals surface area contributed by atoms with Crippen molar-refractivity contribution in [3.8, 4) is 0 Å². The first kappa shape index (κ1) is 22.6. The summed E-state index contributed by atoms with van der Waals surface area (Å²) < 4.78 is 5.55. The van der Waals surface area contributed by atoms with E-state index in [0.717, 1.165) is 35.8 Å². The molecule has 2 amide bonds. The lowest BCUT2D eigenvalue weighted by atomic mass is 10.0. The molecule has 6 nitrogen and oxygen atoms in total. The summed E-state index contributed by atoms with van der Waals surface area (Å²) in [6.07, 6.45) is 5.22. The molecule has 3 aromatic rings. The highest BCUT2D eigenvalue weighted by atomic mass is 32.1. The van der Waals surface area contributed by atoms with E-state index in [1.165, 1.54) is 6.08 Å². The molecule has 1 aliphatic heterocycles. The minimum Gasteiger partial charge on any atom is -0.376 e. The average molecular weight is 460 g/mol. The van der Waals surface area contributed by atoms with E-state index in [2.05, 4.69) is 16.0 Å². The molecule has 0 spiro atoms. The number of nitrogens with one attached hydrogen (secondary N) is 3. The lowest BCUT2D eigenvalue weighted by Gasteiger charge is -2.14. The van der Waals surface area contributed by atoms with Crippen LogP contribution in [0, 0.1) is 0 Å². The van der Waals surface area contributed by atoms with Crippen LogP contribution in [-0.4, -0.2) is 36.2 Å². The SMILES string of the molecule is O=C(C=Cc1cccc2ccccc12)NC(=S)Nc1ccccc1C(=O)NCC1CCCO1. The van der Waals surface area contributed by atoms with E-state index >= 15 is 0 Å². The second-order valence-electron chi connectivity index (χ2n) is 7.74. The van der Waals surface area contributed by atoms with E-state index in [0.29, 0.717) is 17.8 Å². The molecule has 0 aromatic heterocycles. The Morgan fingerprint density at radius 2 is 1.82 bits per heavy atom. The van der Waals surface area contributed by atoms with Crippen LogP contribution in [0.1, 0.15) is 28.8 Å². The maximum atomic E-state index is 12.6. The van der Waals surface area contributed by atoms with Crippen molar-refractivity contribution in [1.82, 2.24) is 10.6 Å². The molecule has 0 radical (unpaired) electrons. The van der Waals surface area contributed by atoms with Crippen molar-refractivity contribution in [3.05, 3.63) is 83.9 Å². The van der Waals surface area contributed by atoms with Gasteiger partial charge in [-0.1, -0.05) is 54.6 Å². The Morgan fingerprint density at radius 1 is 1.03 bits per heavy atom. The maximum absolute atomic E-state index is 12.6. The molecule has 0 aliphatic carbocycles. The summed E-state index contributed by atoms with van der Waals surface area (Å²) >= 11 is 5.29. The van der Waals surface area contributed by atoms with Crippen LogP contribution in [0.25, 0.3) is 16.8 Å². The fraction of sp³-hybridized carbons (Fsp3) is 0.192. The Balaban J connectivity index is 1.36. The second kappa shape index (κ2) is 10.8. The van der Waals surface area contributed by atoms with E-state index in [1.54, 1.807) is 30.3 Å². The number of para-hydroxylation sites is 1. The molecule has 0 bridgehead atoms. The standard InChI is InChI=1S/C26H25N3O3S/c30-24(15-14-19-9-5-8-18-7-1-2-11-21(18)19)29-26(33)28-23-13-4-3-12-22(23)25(31)27-17-20-10-6-16-32-20/h1-5,7-9,11-15,20H,6,10,16-17H2,(H,27,31)(H2,28,29,30,33). The molecule has 1 saturated heterocycles. The van der Waals surface area contributed by atoms with Crippen molar-refractivity contribution in [2.45, 2.75) is 18.9 Å². The van der Waals surface area contributed by atoms with Crippen LogP contribution in [0.15, 0.2) is 72.8 Å². The molecule has 168 valence electrons. The minimum absolute atomic E-state index is 0.0583. The largest absolute Gasteiger partial charge is 0.376 e. The number of benzene rings is 3. The molecule has 3 N–H and O–H groups in total. The molecule has 0 saturated carbocycles. The van der Waals surface area contributed by atoms with Gasteiger partial charge in [-0.25, -0.2) is 0 Å². The predicted molar refractivity (Wildman–Crippen MR) is 135 cm³/mol. The van der Waals surface area contributed by atoms with Crippen molar-refractivity contribution in [2.75, 3.05) is 18.5 Å². The number of fused-ring (bicyclic) bond motifs is 1. The Bertz CT molecular complexity index is 1200. The quantitative estimate of drug-likeness (QED) is 0.379. The zero-order chi connectivity index (χ0) is 23.0. The van der Waals surface area contributed by atoms with Gasteiger partial charge in [-0.2, -0.15) is 0 Å². The van der Waals surface area contributed by atoms with Gasteiger partial charge in [0.2, 0.25) is 5.91 Å². The van der Waals surface area contributed by atoms with Gasteiger partial charge < -0.3 is 15.4 Å². The van der Waals surface area contributed by atoms with Gasteiger partial charge >= 0.3 is 0 Å². The third kappa shape index (κ3) is 6.03. The smallest absolute Gasteiger partial charge is 0.253 e. The number of carbonyl (C=O) groups is 2. The van der Waals surface area contributed by atoms with Crippen LogP contribution in [-0.2, 0) is 9.53 Å². The number of hydrogen-bond acceptors (Lipinski definition) is 4. The molecule has 33 heavy (non-hydrogen) atoms. The zero-order valence-electron chi connectivity index (χ0n) is 18.0. The summed E-state index contributed by atoms with van der Waals surface area (Å²) in [7, 11) is 0. The van der Waals surface area contributed by atoms with E-state index in [4.69, 9.17) is 17.0 Å². The molecule has 7 heteroatoms. The van der Waals surface area contributed by atoms with E-state index < -0.39 is 0 Å². The lowest BCUT2D eigenvalue weighted by molar-refractivity contribution is -0.115. The first-order chi connectivity index (χ1) is 16.1. The number of amides is 2. The van der Waals surface area contributed by atoms with E-state index in [-0.39, 0.29) is 23.0 Å². The van der Waals surface area contributed by atoms with Gasteiger partial charge in [0.05, 0.1) is 17.4 Å². The van der Waals surface area contributed by atoms with Gasteiger partial charge in [-0.15, -0.1) is 0 Å². The number of anilines is 1. The molecule has 1 atom stereocenters. The second-order valence-corrected chi connectivity index (χ2v) is 8.14. The summed E-state index contributed by atoms with van der Waals surface area (Å²) in [5.41, 5.74) is 1.90. The van der Waals surface area contributed by atoms with Crippen LogP contribution < -0.4 is 16.0 Å². The minimum atomic E-state index is -0.360. The third-order valence-electron chi connectivity index (χ3n) is 5.41. The van der Waals surface area contributed by atoms with Crippen LogP contribution in [0.4, 0.5) is 5.69 Å². The van der Waals surface area contributed by atoms with Crippen molar-refractivity contribution in [2.24, 2.45) is 0 Å². The molecule has 1 fully saturated rings. The highest BCUT2D eigenvalue weighted by molar-refractivity contribution is 7.80. The molecular weight excluding hydrogens is 434 g/mol. The lowest BCUT2D eigenvalue weighted by Crippen LogP contribution is -2.35. The third-order valence-corrected chi connectivity index (χ3v) is 5.61. The Hall–Kier alpha value is -3.55. The predicted octanol–water partition coefficient (Wildman–Crippen LogP) is 4.28. The highest BCUT2D eigenvalue weighted by Crippen LogP contribution is 2.20. The fourth-order valence-electron chi connectivity index (χ4n) is 3.77. The molecule has 1 heterocycles. The van der Waals surface area contributed by atoms with Gasteiger partial charge in [-0.05, 0) is 59.6 Å². The molecular formula is C26H25N3O3S. The van der Waals surface area contributed by atoms with Crippen LogP contribution >= 0.6 is 12.2 Å². The summed E-state index contributed by atoms with van der Waals surface area (Å²) in [6, 6.07) is 20.9. The van der Waals surface area contributed by atoms with Crippen molar-refractivity contribution in [1.29, 1.82) is 0 Å². The topological polar surface area (TPSA) is 79.5 Å². The van der Waals surface area contributed by atoms with E-state index in [1.807, 2.05) is 42.5 Å². The van der Waals surface area contributed by atoms with Crippen molar-refractivity contribution < 1.29 is 14.3 Å². The molecule has 1 unspecified atom stereocenters. The maximum Gasteiger partial charge on any atom is 0.253 e. The normalized spacial score (nSPS) is 15.5. The summed E-state index contributed by atoms with van der Waals surface area (Å²) in [5.74, 6) is -0.584. The number of carbonyl (C=O) groups excluding carboxylic acids is 2. The van der Waals surface area contributed by atoms with Gasteiger partial charge in [0.15, 0.2) is 5.11 Å². The summed E-state index contributed by atoms with van der Waals surface area (Å²) in [4.78, 5) is 25.0. The zero-order valence-corrected chi connectivity index (χ0v) is 18.9. The van der Waals surface area contributed by atoms with Gasteiger partial charge in [0.25, 0.3) is 5.91 Å². The van der Waals surface area contributed by atoms with Crippen LogP contribution in [0.2, 0.25) is 0 Å². The molecule has 1 aliphatic rings. The Kier molecular flexibility index (Phi) is 7.44. The number of ether oxygens (including phenoxy) is 1. The molecule has 3 aromatic carbocycles. The first-order valence-electron chi connectivity index (χ1n) is 10.9. The summed E-state index contributed by atoms with van der Waals surface area (Å²) in [5, 5.41) is 10.8. The molecule has 4 rings (SSSR count). The van der Waals surface area contributed by atoms with Gasteiger partial charge in [0.1, 0.15) is 0 Å². The Morgan fingerprint density at radius 3 is 2.67 bits per heavy atom. The van der Waals surface area contributed by atoms with Crippen molar-refractivity contribution in [3.63, 3.8) is 0 Å². The number of rotatable bonds is 6. The average Bonchev–Trinajstić information content (AvgIpc) is 3.35. The first-order valence-corrected chi connectivity index (χ1v) is 11.3. The van der Waals surface area contributed by atoms with Crippen LogP contribution in [0.5, 0.6) is 0 Å². The Labute approximate surface area is 198 Å². The number of thiocarbonyl (C=S) groups is 1. The van der Waals surface area contributed by atoms with E-state index in [9.17, 15) is 9.59 Å². The van der Waals surface area contributed by atoms with Gasteiger partial charge in [-0.3, -0.25) is 14.9 Å². The highest BCUT2D eigenvalue weighted by Gasteiger charge is 2.18.